The number of hydrazine groups is 1. The van der Waals surface area contributed by atoms with Crippen molar-refractivity contribution in [1.82, 2.24) is 15.0 Å². The highest BCUT2D eigenvalue weighted by atomic mass is 79.9. The summed E-state index contributed by atoms with van der Waals surface area (Å²) in [7, 11) is 0. The summed E-state index contributed by atoms with van der Waals surface area (Å²) in [5.74, 6) is 4.49. The Morgan fingerprint density at radius 1 is 1.60 bits per heavy atom. The second-order valence-corrected chi connectivity index (χ2v) is 3.60. The number of carbonyl (C=O) groups excluding carboxylic acids is 1. The summed E-state index contributed by atoms with van der Waals surface area (Å²) in [6.45, 7) is 0.150. The van der Waals surface area contributed by atoms with E-state index in [1.54, 1.807) is 0 Å². The molecule has 82 valence electrons. The lowest BCUT2D eigenvalue weighted by molar-refractivity contribution is -0.121. The van der Waals surface area contributed by atoms with Crippen molar-refractivity contribution in [2.75, 3.05) is 0 Å². The molecule has 7 nitrogen and oxygen atoms in total. The van der Waals surface area contributed by atoms with E-state index in [1.807, 2.05) is 5.43 Å². The fourth-order valence-corrected chi connectivity index (χ4v) is 1.29. The third kappa shape index (κ3) is 3.03. The third-order valence-electron chi connectivity index (χ3n) is 1.71. The number of nitrogens with one attached hydrogen (secondary N) is 2. The molecule has 0 aliphatic carbocycles. The Bertz CT molecular complexity index is 478. The van der Waals surface area contributed by atoms with Crippen molar-refractivity contribution in [2.24, 2.45) is 5.84 Å². The van der Waals surface area contributed by atoms with Gasteiger partial charge in [0.1, 0.15) is 0 Å². The van der Waals surface area contributed by atoms with Gasteiger partial charge >= 0.3 is 5.69 Å². The standard InChI is InChI=1S/C7H9BrN4O3/c8-4-3-12(2-1-5(13)11-9)7(15)10-6(4)14/h3H,1-2,9H2,(H,11,13)(H,10,14,15). The summed E-state index contributed by atoms with van der Waals surface area (Å²) in [4.78, 5) is 35.1. The Balaban J connectivity index is 2.87. The first-order chi connectivity index (χ1) is 7.04. The molecular formula is C7H9BrN4O3. The molecule has 1 amide bonds. The third-order valence-corrected chi connectivity index (χ3v) is 2.27. The molecule has 15 heavy (non-hydrogen) atoms. The van der Waals surface area contributed by atoms with Gasteiger partial charge in [-0.2, -0.15) is 0 Å². The molecule has 1 aromatic rings. The Labute approximate surface area is 92.4 Å². The molecule has 0 aliphatic rings. The molecule has 0 aromatic carbocycles. The van der Waals surface area contributed by atoms with E-state index in [9.17, 15) is 14.4 Å². The summed E-state index contributed by atoms with van der Waals surface area (Å²) in [5, 5.41) is 0. The first-order valence-electron chi connectivity index (χ1n) is 4.03. The number of carbonyl (C=O) groups is 1. The van der Waals surface area contributed by atoms with Gasteiger partial charge in [-0.25, -0.2) is 10.6 Å². The van der Waals surface area contributed by atoms with Crippen LogP contribution >= 0.6 is 15.9 Å². The van der Waals surface area contributed by atoms with Crippen molar-refractivity contribution in [2.45, 2.75) is 13.0 Å². The highest BCUT2D eigenvalue weighted by Crippen LogP contribution is 1.98. The zero-order chi connectivity index (χ0) is 11.4. The number of H-pyrrole nitrogens is 1. The predicted octanol–water partition coefficient (Wildman–Crippen LogP) is -1.32. The first-order valence-corrected chi connectivity index (χ1v) is 4.82. The van der Waals surface area contributed by atoms with Crippen molar-refractivity contribution >= 4 is 21.8 Å². The summed E-state index contributed by atoms with van der Waals surface area (Å²) < 4.78 is 1.44. The van der Waals surface area contributed by atoms with Crippen molar-refractivity contribution in [3.63, 3.8) is 0 Å². The molecule has 0 fully saturated rings. The Morgan fingerprint density at radius 2 is 2.27 bits per heavy atom. The molecule has 0 saturated carbocycles. The highest BCUT2D eigenvalue weighted by molar-refractivity contribution is 9.10. The highest BCUT2D eigenvalue weighted by Gasteiger charge is 2.04. The number of aryl methyl sites for hydroxylation is 1. The number of hydrogen-bond acceptors (Lipinski definition) is 4. The van der Waals surface area contributed by atoms with Gasteiger partial charge < -0.3 is 0 Å². The van der Waals surface area contributed by atoms with E-state index in [4.69, 9.17) is 5.84 Å². The summed E-state index contributed by atoms with van der Waals surface area (Å²) in [6.07, 6.45) is 1.39. The molecule has 0 aliphatic heterocycles. The van der Waals surface area contributed by atoms with E-state index in [0.29, 0.717) is 0 Å². The van der Waals surface area contributed by atoms with Gasteiger partial charge in [-0.15, -0.1) is 0 Å². The number of nitrogens with zero attached hydrogens (tertiary/aromatic N) is 1. The van der Waals surface area contributed by atoms with Crippen molar-refractivity contribution in [3.05, 3.63) is 31.5 Å². The van der Waals surface area contributed by atoms with Gasteiger partial charge in [0.25, 0.3) is 5.56 Å². The van der Waals surface area contributed by atoms with Crippen LogP contribution in [0.4, 0.5) is 0 Å². The molecular weight excluding hydrogens is 268 g/mol. The maximum atomic E-state index is 11.2. The topological polar surface area (TPSA) is 110 Å². The predicted molar refractivity (Wildman–Crippen MR) is 56.0 cm³/mol. The molecule has 0 atom stereocenters. The van der Waals surface area contributed by atoms with Crippen LogP contribution in [0.15, 0.2) is 20.3 Å². The van der Waals surface area contributed by atoms with E-state index >= 15 is 0 Å². The minimum absolute atomic E-state index is 0.0644. The average molecular weight is 277 g/mol. The number of hydrogen-bond donors (Lipinski definition) is 3. The quantitative estimate of drug-likeness (QED) is 0.361. The number of aromatic nitrogens is 2. The number of amides is 1. The second-order valence-electron chi connectivity index (χ2n) is 2.75. The van der Waals surface area contributed by atoms with Gasteiger partial charge in [0.05, 0.1) is 4.47 Å². The van der Waals surface area contributed by atoms with Crippen LogP contribution in [-0.4, -0.2) is 15.5 Å². The van der Waals surface area contributed by atoms with Crippen LogP contribution in [0.1, 0.15) is 6.42 Å². The lowest BCUT2D eigenvalue weighted by atomic mass is 10.4. The maximum Gasteiger partial charge on any atom is 0.328 e. The van der Waals surface area contributed by atoms with Gasteiger partial charge in [0, 0.05) is 19.2 Å². The molecule has 1 heterocycles. The van der Waals surface area contributed by atoms with Crippen LogP contribution < -0.4 is 22.5 Å². The van der Waals surface area contributed by atoms with Crippen LogP contribution in [0.3, 0.4) is 0 Å². The monoisotopic (exact) mass is 276 g/mol. The van der Waals surface area contributed by atoms with Gasteiger partial charge in [-0.3, -0.25) is 24.6 Å². The zero-order valence-corrected chi connectivity index (χ0v) is 9.20. The number of aromatic amines is 1. The molecule has 0 spiro atoms. The van der Waals surface area contributed by atoms with E-state index < -0.39 is 11.2 Å². The molecule has 1 aromatic heterocycles. The normalized spacial score (nSPS) is 10.0. The lowest BCUT2D eigenvalue weighted by Crippen LogP contribution is -2.34. The zero-order valence-electron chi connectivity index (χ0n) is 7.62. The smallest absolute Gasteiger partial charge is 0.299 e. The fourth-order valence-electron chi connectivity index (χ4n) is 0.943. The summed E-state index contributed by atoms with van der Waals surface area (Å²) in [5.41, 5.74) is 0.880. The summed E-state index contributed by atoms with van der Waals surface area (Å²) >= 11 is 2.98. The largest absolute Gasteiger partial charge is 0.328 e. The molecule has 8 heteroatoms. The number of halogens is 1. The average Bonchev–Trinajstić information content (AvgIpc) is 2.21. The minimum Gasteiger partial charge on any atom is -0.299 e. The number of rotatable bonds is 3. The van der Waals surface area contributed by atoms with E-state index in [2.05, 4.69) is 20.9 Å². The lowest BCUT2D eigenvalue weighted by Gasteiger charge is -2.03. The molecule has 1 rings (SSSR count). The van der Waals surface area contributed by atoms with E-state index in [-0.39, 0.29) is 23.3 Å². The van der Waals surface area contributed by atoms with Gasteiger partial charge in [-0.05, 0) is 15.9 Å². The van der Waals surface area contributed by atoms with Crippen molar-refractivity contribution in [3.8, 4) is 0 Å². The molecule has 0 radical (unpaired) electrons. The Morgan fingerprint density at radius 3 is 2.87 bits per heavy atom. The first kappa shape index (κ1) is 11.7. The van der Waals surface area contributed by atoms with Crippen LogP contribution in [0.5, 0.6) is 0 Å². The van der Waals surface area contributed by atoms with Crippen LogP contribution in [0.25, 0.3) is 0 Å². The Hall–Kier alpha value is -1.41. The van der Waals surface area contributed by atoms with Gasteiger partial charge in [-0.1, -0.05) is 0 Å². The molecule has 0 saturated heterocycles. The summed E-state index contributed by atoms with van der Waals surface area (Å²) in [6, 6.07) is 0. The van der Waals surface area contributed by atoms with E-state index in [0.717, 1.165) is 0 Å². The second kappa shape index (κ2) is 4.89. The van der Waals surface area contributed by atoms with Crippen molar-refractivity contribution in [1.29, 1.82) is 0 Å². The fraction of sp³-hybridized carbons (Fsp3) is 0.286. The SMILES string of the molecule is NNC(=O)CCn1cc(Br)c(=O)[nH]c1=O. The van der Waals surface area contributed by atoms with Gasteiger partial charge in [0.2, 0.25) is 5.91 Å². The van der Waals surface area contributed by atoms with Crippen LogP contribution in [0, 0.1) is 0 Å². The minimum atomic E-state index is -0.562. The van der Waals surface area contributed by atoms with E-state index in [1.165, 1.54) is 10.8 Å². The van der Waals surface area contributed by atoms with Crippen molar-refractivity contribution < 1.29 is 4.79 Å². The maximum absolute atomic E-state index is 11.2. The molecule has 0 bridgehead atoms. The number of nitrogens with two attached hydrogens (primary N) is 1. The Kier molecular flexibility index (Phi) is 3.81. The van der Waals surface area contributed by atoms with Gasteiger partial charge in [0.15, 0.2) is 0 Å². The molecule has 4 N–H and O–H groups in total. The van der Waals surface area contributed by atoms with Crippen LogP contribution in [0.2, 0.25) is 0 Å². The van der Waals surface area contributed by atoms with Crippen LogP contribution in [-0.2, 0) is 11.3 Å². The molecule has 0 unspecified atom stereocenters.